The van der Waals surface area contributed by atoms with Crippen LogP contribution in [0.5, 0.6) is 0 Å². The first-order valence-corrected chi connectivity index (χ1v) is 7.12. The van der Waals surface area contributed by atoms with Crippen LogP contribution < -0.4 is 14.7 Å². The van der Waals surface area contributed by atoms with Crippen LogP contribution in [-0.2, 0) is 7.05 Å². The van der Waals surface area contributed by atoms with Crippen LogP contribution in [0.1, 0.15) is 0 Å². The molecule has 7 heteroatoms. The van der Waals surface area contributed by atoms with Crippen LogP contribution in [0.2, 0.25) is 0 Å². The maximum atomic E-state index is 4.60. The molecule has 1 aliphatic heterocycles. The van der Waals surface area contributed by atoms with Crippen LogP contribution in [0.3, 0.4) is 0 Å². The molecule has 0 N–H and O–H groups in total. The Balaban J connectivity index is 1.67. The van der Waals surface area contributed by atoms with Crippen molar-refractivity contribution in [2.45, 2.75) is 0 Å². The lowest BCUT2D eigenvalue weighted by Crippen LogP contribution is -2.46. The molecular weight excluding hydrogens is 266 g/mol. The summed E-state index contributed by atoms with van der Waals surface area (Å²) in [5.74, 6) is 1.75. The van der Waals surface area contributed by atoms with Crippen molar-refractivity contribution >= 4 is 17.5 Å². The summed E-state index contributed by atoms with van der Waals surface area (Å²) < 4.78 is 1.84. The molecule has 0 radical (unpaired) electrons. The van der Waals surface area contributed by atoms with E-state index in [1.165, 1.54) is 5.69 Å². The van der Waals surface area contributed by atoms with Gasteiger partial charge in [0.15, 0.2) is 0 Å². The highest BCUT2D eigenvalue weighted by molar-refractivity contribution is 5.48. The molecule has 1 fully saturated rings. The Bertz CT molecular complexity index is 599. The second-order valence-electron chi connectivity index (χ2n) is 5.46. The van der Waals surface area contributed by atoms with Crippen molar-refractivity contribution in [3.8, 4) is 0 Å². The number of hydrogen-bond acceptors (Lipinski definition) is 6. The number of aromatic nitrogens is 4. The normalized spacial score (nSPS) is 15.4. The fourth-order valence-corrected chi connectivity index (χ4v) is 2.50. The quantitative estimate of drug-likeness (QED) is 0.824. The van der Waals surface area contributed by atoms with E-state index in [0.717, 1.165) is 37.9 Å². The van der Waals surface area contributed by atoms with E-state index < -0.39 is 0 Å². The average Bonchev–Trinajstić information content (AvgIpc) is 2.94. The lowest BCUT2D eigenvalue weighted by atomic mass is 10.3. The van der Waals surface area contributed by atoms with E-state index in [4.69, 9.17) is 0 Å². The lowest BCUT2D eigenvalue weighted by Gasteiger charge is -2.36. The summed E-state index contributed by atoms with van der Waals surface area (Å²) in [4.78, 5) is 15.5. The van der Waals surface area contributed by atoms with Gasteiger partial charge in [0.2, 0.25) is 5.95 Å². The SMILES string of the molecule is CN(C)c1nccc(N2CCN(c3cnn(C)c3)CC2)n1. The highest BCUT2D eigenvalue weighted by Crippen LogP contribution is 2.19. The standard InChI is InChI=1S/C14H21N7/c1-18(2)14-15-5-4-13(17-14)21-8-6-20(7-9-21)12-10-16-19(3)11-12/h4-5,10-11H,6-9H2,1-3H3. The monoisotopic (exact) mass is 287 g/mol. The molecule has 112 valence electrons. The van der Waals surface area contributed by atoms with E-state index >= 15 is 0 Å². The maximum Gasteiger partial charge on any atom is 0.226 e. The van der Waals surface area contributed by atoms with Gasteiger partial charge >= 0.3 is 0 Å². The average molecular weight is 287 g/mol. The Labute approximate surface area is 124 Å². The fourth-order valence-electron chi connectivity index (χ4n) is 2.50. The summed E-state index contributed by atoms with van der Waals surface area (Å²) in [5, 5.41) is 4.24. The molecule has 0 aromatic carbocycles. The van der Waals surface area contributed by atoms with E-state index in [2.05, 4.69) is 31.1 Å². The number of aryl methyl sites for hydroxylation is 1. The van der Waals surface area contributed by atoms with Crippen molar-refractivity contribution < 1.29 is 0 Å². The van der Waals surface area contributed by atoms with E-state index in [-0.39, 0.29) is 0 Å². The van der Waals surface area contributed by atoms with Crippen molar-refractivity contribution in [2.24, 2.45) is 7.05 Å². The Morgan fingerprint density at radius 2 is 1.81 bits per heavy atom. The van der Waals surface area contributed by atoms with Crippen LogP contribution in [0, 0.1) is 0 Å². The second kappa shape index (κ2) is 5.59. The van der Waals surface area contributed by atoms with Gasteiger partial charge in [0.05, 0.1) is 11.9 Å². The molecule has 0 saturated carbocycles. The Hall–Kier alpha value is -2.31. The van der Waals surface area contributed by atoms with E-state index in [1.54, 1.807) is 0 Å². The molecule has 0 amide bonds. The van der Waals surface area contributed by atoms with Crippen molar-refractivity contribution in [1.29, 1.82) is 0 Å². The molecule has 3 heterocycles. The third-order valence-corrected chi connectivity index (χ3v) is 3.69. The minimum absolute atomic E-state index is 0.752. The van der Waals surface area contributed by atoms with E-state index in [1.807, 2.05) is 49.2 Å². The van der Waals surface area contributed by atoms with Gasteiger partial charge in [-0.2, -0.15) is 10.1 Å². The Morgan fingerprint density at radius 1 is 1.10 bits per heavy atom. The first-order valence-electron chi connectivity index (χ1n) is 7.12. The maximum absolute atomic E-state index is 4.60. The van der Waals surface area contributed by atoms with Crippen molar-refractivity contribution in [1.82, 2.24) is 19.7 Å². The number of piperazine rings is 1. The smallest absolute Gasteiger partial charge is 0.226 e. The highest BCUT2D eigenvalue weighted by Gasteiger charge is 2.19. The van der Waals surface area contributed by atoms with Gasteiger partial charge in [0.25, 0.3) is 0 Å². The first kappa shape index (κ1) is 13.7. The highest BCUT2D eigenvalue weighted by atomic mass is 15.3. The minimum atomic E-state index is 0.752. The zero-order chi connectivity index (χ0) is 14.8. The Morgan fingerprint density at radius 3 is 2.43 bits per heavy atom. The summed E-state index contributed by atoms with van der Waals surface area (Å²) >= 11 is 0. The van der Waals surface area contributed by atoms with Crippen LogP contribution in [0.25, 0.3) is 0 Å². The number of hydrogen-bond donors (Lipinski definition) is 0. The zero-order valence-electron chi connectivity index (χ0n) is 12.8. The molecule has 0 bridgehead atoms. The summed E-state index contributed by atoms with van der Waals surface area (Å²) in [6.45, 7) is 3.87. The van der Waals surface area contributed by atoms with Crippen molar-refractivity contribution in [2.75, 3.05) is 55.0 Å². The lowest BCUT2D eigenvalue weighted by molar-refractivity contribution is 0.646. The van der Waals surface area contributed by atoms with Gasteiger partial charge < -0.3 is 14.7 Å². The van der Waals surface area contributed by atoms with Gasteiger partial charge in [-0.3, -0.25) is 4.68 Å². The summed E-state index contributed by atoms with van der Waals surface area (Å²) in [7, 11) is 5.86. The Kier molecular flexibility index (Phi) is 3.64. The topological polar surface area (TPSA) is 53.3 Å². The zero-order valence-corrected chi connectivity index (χ0v) is 12.8. The molecule has 0 unspecified atom stereocenters. The number of rotatable bonds is 3. The van der Waals surface area contributed by atoms with Crippen molar-refractivity contribution in [3.63, 3.8) is 0 Å². The molecule has 1 saturated heterocycles. The molecule has 21 heavy (non-hydrogen) atoms. The van der Waals surface area contributed by atoms with Crippen LogP contribution in [-0.4, -0.2) is 60.0 Å². The molecule has 2 aromatic heterocycles. The summed E-state index contributed by atoms with van der Waals surface area (Å²) in [6.07, 6.45) is 5.81. The first-order chi connectivity index (χ1) is 10.1. The van der Waals surface area contributed by atoms with Gasteiger partial charge in [-0.25, -0.2) is 4.98 Å². The van der Waals surface area contributed by atoms with Gasteiger partial charge in [-0.15, -0.1) is 0 Å². The minimum Gasteiger partial charge on any atom is -0.365 e. The van der Waals surface area contributed by atoms with E-state index in [9.17, 15) is 0 Å². The van der Waals surface area contributed by atoms with E-state index in [0.29, 0.717) is 0 Å². The van der Waals surface area contributed by atoms with Crippen LogP contribution in [0.4, 0.5) is 17.5 Å². The molecule has 2 aromatic rings. The van der Waals surface area contributed by atoms with Gasteiger partial charge in [0.1, 0.15) is 5.82 Å². The number of nitrogens with zero attached hydrogens (tertiary/aromatic N) is 7. The van der Waals surface area contributed by atoms with Crippen LogP contribution >= 0.6 is 0 Å². The fraction of sp³-hybridized carbons (Fsp3) is 0.500. The summed E-state index contributed by atoms with van der Waals surface area (Å²) in [5.41, 5.74) is 1.19. The largest absolute Gasteiger partial charge is 0.365 e. The van der Waals surface area contributed by atoms with Gasteiger partial charge in [-0.1, -0.05) is 0 Å². The molecule has 1 aliphatic rings. The van der Waals surface area contributed by atoms with Gasteiger partial charge in [-0.05, 0) is 6.07 Å². The molecule has 0 atom stereocenters. The molecule has 7 nitrogen and oxygen atoms in total. The third-order valence-electron chi connectivity index (χ3n) is 3.69. The molecule has 0 aliphatic carbocycles. The van der Waals surface area contributed by atoms with Crippen molar-refractivity contribution in [3.05, 3.63) is 24.7 Å². The molecule has 0 spiro atoms. The molecular formula is C14H21N7. The molecule has 3 rings (SSSR count). The second-order valence-corrected chi connectivity index (χ2v) is 5.46. The third kappa shape index (κ3) is 2.91. The predicted molar refractivity (Wildman–Crippen MR) is 84.0 cm³/mol. The summed E-state index contributed by atoms with van der Waals surface area (Å²) in [6, 6.07) is 1.98. The number of anilines is 3. The van der Waals surface area contributed by atoms with Crippen LogP contribution in [0.15, 0.2) is 24.7 Å². The predicted octanol–water partition coefficient (Wildman–Crippen LogP) is 0.603. The van der Waals surface area contributed by atoms with Gasteiger partial charge in [0, 0.05) is 59.7 Å².